The maximum atomic E-state index is 11.9. The molecule has 0 atom stereocenters. The van der Waals surface area contributed by atoms with Crippen molar-refractivity contribution < 1.29 is 14.3 Å². The molecule has 0 saturated heterocycles. The third kappa shape index (κ3) is 4.85. The molecule has 0 saturated carbocycles. The summed E-state index contributed by atoms with van der Waals surface area (Å²) in [7, 11) is 0. The number of aldehydes is 1. The molecule has 5 heteroatoms. The van der Waals surface area contributed by atoms with Gasteiger partial charge in [0.05, 0.1) is 0 Å². The van der Waals surface area contributed by atoms with Gasteiger partial charge in [0.25, 0.3) is 0 Å². The van der Waals surface area contributed by atoms with E-state index in [0.29, 0.717) is 5.56 Å². The second-order valence-corrected chi connectivity index (χ2v) is 7.71. The van der Waals surface area contributed by atoms with Gasteiger partial charge in [-0.2, -0.15) is 0 Å². The van der Waals surface area contributed by atoms with Crippen LogP contribution in [0.15, 0.2) is 30.5 Å². The number of fused-ring (bicyclic) bond motifs is 1. The molecule has 0 bridgehead atoms. The van der Waals surface area contributed by atoms with Crippen molar-refractivity contribution in [3.05, 3.63) is 36.0 Å². The van der Waals surface area contributed by atoms with Crippen LogP contribution in [0.3, 0.4) is 0 Å². The second-order valence-electron chi connectivity index (χ2n) is 7.71. The molecular formula is C19H26N2O3. The van der Waals surface area contributed by atoms with Gasteiger partial charge in [0.2, 0.25) is 0 Å². The molecule has 0 aliphatic heterocycles. The highest BCUT2D eigenvalue weighted by atomic mass is 16.6. The van der Waals surface area contributed by atoms with E-state index in [1.807, 2.05) is 65.1 Å². The number of rotatable bonds is 5. The van der Waals surface area contributed by atoms with Crippen LogP contribution < -0.4 is 5.32 Å². The second kappa shape index (κ2) is 6.67. The normalized spacial score (nSPS) is 12.2. The number of carbonyl (C=O) groups is 2. The van der Waals surface area contributed by atoms with Crippen LogP contribution in [-0.4, -0.2) is 28.1 Å². The van der Waals surface area contributed by atoms with E-state index in [1.54, 1.807) is 0 Å². The van der Waals surface area contributed by atoms with Crippen molar-refractivity contribution in [1.82, 2.24) is 9.88 Å². The van der Waals surface area contributed by atoms with E-state index in [-0.39, 0.29) is 5.54 Å². The number of amides is 1. The number of benzene rings is 1. The maximum absolute atomic E-state index is 11.9. The lowest BCUT2D eigenvalue weighted by atomic mass is 10.0. The SMILES string of the molecule is CC(C)(CCn1ccc2cc(C=O)ccc21)NC(=O)OC(C)(C)C. The van der Waals surface area contributed by atoms with Crippen molar-refractivity contribution in [2.45, 2.75) is 58.7 Å². The largest absolute Gasteiger partial charge is 0.444 e. The average molecular weight is 330 g/mol. The van der Waals surface area contributed by atoms with Crippen LogP contribution in [0.4, 0.5) is 4.79 Å². The van der Waals surface area contributed by atoms with E-state index in [2.05, 4.69) is 9.88 Å². The Morgan fingerprint density at radius 2 is 1.92 bits per heavy atom. The first-order valence-corrected chi connectivity index (χ1v) is 8.15. The van der Waals surface area contributed by atoms with Crippen LogP contribution in [0, 0.1) is 0 Å². The molecule has 2 aromatic rings. The molecule has 0 fully saturated rings. The molecule has 1 aromatic carbocycles. The molecule has 130 valence electrons. The minimum atomic E-state index is -0.507. The number of nitrogens with zero attached hydrogens (tertiary/aromatic N) is 1. The number of aromatic nitrogens is 1. The lowest BCUT2D eigenvalue weighted by molar-refractivity contribution is 0.0466. The Labute approximate surface area is 143 Å². The molecule has 1 aromatic heterocycles. The van der Waals surface area contributed by atoms with Crippen LogP contribution in [-0.2, 0) is 11.3 Å². The summed E-state index contributed by atoms with van der Waals surface area (Å²) in [6, 6.07) is 7.64. The molecule has 0 radical (unpaired) electrons. The minimum absolute atomic E-state index is 0.387. The Kier molecular flexibility index (Phi) is 5.02. The number of ether oxygens (including phenoxy) is 1. The van der Waals surface area contributed by atoms with Gasteiger partial charge in [0.15, 0.2) is 0 Å². The van der Waals surface area contributed by atoms with Crippen molar-refractivity contribution >= 4 is 23.3 Å². The number of hydrogen-bond acceptors (Lipinski definition) is 3. The van der Waals surface area contributed by atoms with Gasteiger partial charge in [0.1, 0.15) is 11.9 Å². The number of carbonyl (C=O) groups excluding carboxylic acids is 2. The van der Waals surface area contributed by atoms with E-state index in [0.717, 1.165) is 30.2 Å². The van der Waals surface area contributed by atoms with E-state index >= 15 is 0 Å². The summed E-state index contributed by atoms with van der Waals surface area (Å²) in [6.07, 6.45) is 3.21. The van der Waals surface area contributed by atoms with Crippen molar-refractivity contribution in [1.29, 1.82) is 0 Å². The van der Waals surface area contributed by atoms with Crippen molar-refractivity contribution in [3.63, 3.8) is 0 Å². The highest BCUT2D eigenvalue weighted by molar-refractivity contribution is 5.87. The van der Waals surface area contributed by atoms with Gasteiger partial charge in [-0.3, -0.25) is 4.79 Å². The lowest BCUT2D eigenvalue weighted by Gasteiger charge is -2.29. The minimum Gasteiger partial charge on any atom is -0.444 e. The molecule has 24 heavy (non-hydrogen) atoms. The molecule has 1 heterocycles. The molecule has 5 nitrogen and oxygen atoms in total. The Morgan fingerprint density at radius 1 is 1.21 bits per heavy atom. The number of hydrogen-bond donors (Lipinski definition) is 1. The third-order valence-corrected chi connectivity index (χ3v) is 3.75. The summed E-state index contributed by atoms with van der Waals surface area (Å²) < 4.78 is 7.44. The number of aryl methyl sites for hydroxylation is 1. The van der Waals surface area contributed by atoms with Crippen LogP contribution in [0.25, 0.3) is 10.9 Å². The first-order chi connectivity index (χ1) is 11.1. The Bertz CT molecular complexity index is 739. The lowest BCUT2D eigenvalue weighted by Crippen LogP contribution is -2.46. The zero-order valence-electron chi connectivity index (χ0n) is 15.1. The van der Waals surface area contributed by atoms with E-state index in [9.17, 15) is 9.59 Å². The predicted molar refractivity (Wildman–Crippen MR) is 95.4 cm³/mol. The fraction of sp³-hybridized carbons (Fsp3) is 0.474. The van der Waals surface area contributed by atoms with E-state index in [1.165, 1.54) is 0 Å². The zero-order chi connectivity index (χ0) is 18.0. The summed E-state index contributed by atoms with van der Waals surface area (Å²) >= 11 is 0. The highest BCUT2D eigenvalue weighted by Gasteiger charge is 2.24. The highest BCUT2D eigenvalue weighted by Crippen LogP contribution is 2.20. The monoisotopic (exact) mass is 330 g/mol. The molecule has 0 aliphatic carbocycles. The fourth-order valence-electron chi connectivity index (χ4n) is 2.53. The van der Waals surface area contributed by atoms with Crippen molar-refractivity contribution in [2.24, 2.45) is 0 Å². The quantitative estimate of drug-likeness (QED) is 0.838. The van der Waals surface area contributed by atoms with Gasteiger partial charge in [-0.25, -0.2) is 4.79 Å². The van der Waals surface area contributed by atoms with Crippen LogP contribution in [0.5, 0.6) is 0 Å². The van der Waals surface area contributed by atoms with Gasteiger partial charge >= 0.3 is 6.09 Å². The van der Waals surface area contributed by atoms with Crippen molar-refractivity contribution in [2.75, 3.05) is 0 Å². The predicted octanol–water partition coefficient (Wildman–Crippen LogP) is 4.15. The van der Waals surface area contributed by atoms with Gasteiger partial charge < -0.3 is 14.6 Å². The topological polar surface area (TPSA) is 60.3 Å². The maximum Gasteiger partial charge on any atom is 0.408 e. The van der Waals surface area contributed by atoms with E-state index in [4.69, 9.17) is 4.74 Å². The Balaban J connectivity index is 2.01. The standard InChI is InChI=1S/C19H26N2O3/c1-18(2,3)24-17(23)20-19(4,5)9-11-21-10-8-15-12-14(13-22)6-7-16(15)21/h6-8,10,12-13H,9,11H2,1-5H3,(H,20,23). The van der Waals surface area contributed by atoms with Gasteiger partial charge in [-0.1, -0.05) is 0 Å². The molecule has 0 aliphatic rings. The van der Waals surface area contributed by atoms with Gasteiger partial charge in [-0.05, 0) is 65.3 Å². The molecule has 2 rings (SSSR count). The third-order valence-electron chi connectivity index (χ3n) is 3.75. The Morgan fingerprint density at radius 3 is 2.54 bits per heavy atom. The smallest absolute Gasteiger partial charge is 0.408 e. The van der Waals surface area contributed by atoms with Gasteiger partial charge in [-0.15, -0.1) is 0 Å². The van der Waals surface area contributed by atoms with Crippen molar-refractivity contribution in [3.8, 4) is 0 Å². The average Bonchev–Trinajstić information content (AvgIpc) is 2.84. The number of alkyl carbamates (subject to hydrolysis) is 1. The summed E-state index contributed by atoms with van der Waals surface area (Å²) in [5, 5.41) is 3.96. The summed E-state index contributed by atoms with van der Waals surface area (Å²) in [6.45, 7) is 10.3. The van der Waals surface area contributed by atoms with Crippen LogP contribution >= 0.6 is 0 Å². The van der Waals surface area contributed by atoms with Crippen LogP contribution in [0.1, 0.15) is 51.4 Å². The summed E-state index contributed by atoms with van der Waals surface area (Å²) in [4.78, 5) is 22.8. The van der Waals surface area contributed by atoms with Gasteiger partial charge in [0, 0.05) is 34.7 Å². The molecule has 1 amide bonds. The van der Waals surface area contributed by atoms with E-state index < -0.39 is 11.7 Å². The summed E-state index contributed by atoms with van der Waals surface area (Å²) in [5.74, 6) is 0. The number of nitrogens with one attached hydrogen (secondary N) is 1. The summed E-state index contributed by atoms with van der Waals surface area (Å²) in [5.41, 5.74) is 0.857. The Hall–Kier alpha value is -2.30. The molecule has 1 N–H and O–H groups in total. The zero-order valence-corrected chi connectivity index (χ0v) is 15.1. The molecule has 0 spiro atoms. The fourth-order valence-corrected chi connectivity index (χ4v) is 2.53. The molecule has 0 unspecified atom stereocenters. The first-order valence-electron chi connectivity index (χ1n) is 8.15. The molecular weight excluding hydrogens is 304 g/mol. The first kappa shape index (κ1) is 18.0. The van der Waals surface area contributed by atoms with Crippen LogP contribution in [0.2, 0.25) is 0 Å².